The Morgan fingerprint density at radius 1 is 1.16 bits per heavy atom. The van der Waals surface area contributed by atoms with Gasteiger partial charge in [0.2, 0.25) is 0 Å². The number of para-hydroxylation sites is 1. The number of hydrogen-bond donors (Lipinski definition) is 1. The molecule has 132 valence electrons. The molecule has 4 rings (SSSR count). The highest BCUT2D eigenvalue weighted by Gasteiger charge is 2.33. The quantitative estimate of drug-likeness (QED) is 0.916. The lowest BCUT2D eigenvalue weighted by molar-refractivity contribution is 0.0575. The third-order valence-electron chi connectivity index (χ3n) is 5.50. The van der Waals surface area contributed by atoms with Crippen molar-refractivity contribution in [2.75, 3.05) is 19.6 Å². The van der Waals surface area contributed by atoms with E-state index >= 15 is 0 Å². The average Bonchev–Trinajstić information content (AvgIpc) is 3.21. The summed E-state index contributed by atoms with van der Waals surface area (Å²) in [6.07, 6.45) is 7.84. The monoisotopic (exact) mass is 340 g/mol. The molecule has 7 nitrogen and oxygen atoms in total. The van der Waals surface area contributed by atoms with E-state index < -0.39 is 0 Å². The molecule has 0 bridgehead atoms. The van der Waals surface area contributed by atoms with Gasteiger partial charge < -0.3 is 10.2 Å². The van der Waals surface area contributed by atoms with Crippen molar-refractivity contribution in [2.45, 2.75) is 38.1 Å². The third kappa shape index (κ3) is 3.42. The summed E-state index contributed by atoms with van der Waals surface area (Å²) in [5, 5.41) is 14.4. The van der Waals surface area contributed by atoms with Gasteiger partial charge in [0.25, 0.3) is 5.91 Å². The Labute approximate surface area is 147 Å². The molecule has 1 aromatic heterocycles. The molecule has 2 unspecified atom stereocenters. The summed E-state index contributed by atoms with van der Waals surface area (Å²) in [7, 11) is 0. The van der Waals surface area contributed by atoms with Crippen LogP contribution in [0.4, 0.5) is 0 Å². The summed E-state index contributed by atoms with van der Waals surface area (Å²) in [6, 6.07) is 8.06. The van der Waals surface area contributed by atoms with Gasteiger partial charge >= 0.3 is 0 Å². The van der Waals surface area contributed by atoms with Gasteiger partial charge in [0.05, 0.1) is 11.3 Å². The van der Waals surface area contributed by atoms with E-state index in [-0.39, 0.29) is 5.91 Å². The standard InChI is InChI=1S/C18H24N6O/c25-18(15-7-1-2-9-17(15)24-13-20-21-22-24)19-12-14-6-5-11-23-10-4-3-8-16(14)23/h1-2,7,9,13-14,16H,3-6,8,10-12H2,(H,19,25). The number of carbonyl (C=O) groups excluding carboxylic acids is 1. The minimum atomic E-state index is -0.0565. The van der Waals surface area contributed by atoms with Gasteiger partial charge in [-0.1, -0.05) is 18.6 Å². The van der Waals surface area contributed by atoms with Gasteiger partial charge in [-0.15, -0.1) is 5.10 Å². The van der Waals surface area contributed by atoms with Crippen molar-refractivity contribution in [3.63, 3.8) is 0 Å². The first-order chi connectivity index (χ1) is 12.3. The number of aromatic nitrogens is 4. The zero-order chi connectivity index (χ0) is 17.1. The normalized spacial score (nSPS) is 23.8. The lowest BCUT2D eigenvalue weighted by Gasteiger charge is -2.44. The van der Waals surface area contributed by atoms with E-state index in [4.69, 9.17) is 0 Å². The molecule has 7 heteroatoms. The highest BCUT2D eigenvalue weighted by molar-refractivity contribution is 5.97. The summed E-state index contributed by atoms with van der Waals surface area (Å²) in [5.41, 5.74) is 1.30. The minimum absolute atomic E-state index is 0.0565. The van der Waals surface area contributed by atoms with Crippen LogP contribution in [0, 0.1) is 5.92 Å². The number of fused-ring (bicyclic) bond motifs is 1. The smallest absolute Gasteiger partial charge is 0.253 e. The summed E-state index contributed by atoms with van der Waals surface area (Å²) in [6.45, 7) is 3.18. The zero-order valence-electron chi connectivity index (χ0n) is 14.3. The molecule has 0 aliphatic carbocycles. The molecule has 2 atom stereocenters. The van der Waals surface area contributed by atoms with Crippen molar-refractivity contribution in [2.24, 2.45) is 5.92 Å². The Bertz CT molecular complexity index is 714. The van der Waals surface area contributed by atoms with Crippen molar-refractivity contribution in [1.82, 2.24) is 30.4 Å². The van der Waals surface area contributed by atoms with E-state index in [1.54, 1.807) is 0 Å². The van der Waals surface area contributed by atoms with Crippen LogP contribution in [-0.4, -0.2) is 56.7 Å². The molecule has 0 spiro atoms. The van der Waals surface area contributed by atoms with Crippen LogP contribution in [0.5, 0.6) is 0 Å². The molecule has 25 heavy (non-hydrogen) atoms. The van der Waals surface area contributed by atoms with Crippen LogP contribution in [0.1, 0.15) is 42.5 Å². The van der Waals surface area contributed by atoms with Crippen LogP contribution < -0.4 is 5.32 Å². The molecule has 2 fully saturated rings. The first-order valence-corrected chi connectivity index (χ1v) is 9.17. The van der Waals surface area contributed by atoms with Crippen molar-refractivity contribution in [3.8, 4) is 5.69 Å². The summed E-state index contributed by atoms with van der Waals surface area (Å²) < 4.78 is 1.53. The third-order valence-corrected chi connectivity index (χ3v) is 5.50. The van der Waals surface area contributed by atoms with Crippen molar-refractivity contribution >= 4 is 5.91 Å². The van der Waals surface area contributed by atoms with Gasteiger partial charge in [-0.3, -0.25) is 4.79 Å². The van der Waals surface area contributed by atoms with Crippen LogP contribution in [0.2, 0.25) is 0 Å². The number of tetrazole rings is 1. The molecule has 1 aromatic carbocycles. The number of nitrogens with one attached hydrogen (secondary N) is 1. The average molecular weight is 340 g/mol. The first-order valence-electron chi connectivity index (χ1n) is 9.17. The van der Waals surface area contributed by atoms with E-state index in [1.165, 1.54) is 56.2 Å². The second kappa shape index (κ2) is 7.31. The van der Waals surface area contributed by atoms with Gasteiger partial charge in [0.15, 0.2) is 0 Å². The van der Waals surface area contributed by atoms with Crippen LogP contribution in [0.15, 0.2) is 30.6 Å². The van der Waals surface area contributed by atoms with Gasteiger partial charge in [-0.2, -0.15) is 4.68 Å². The number of rotatable bonds is 4. The predicted octanol–water partition coefficient (Wildman–Crippen LogP) is 1.66. The fraction of sp³-hybridized carbons (Fsp3) is 0.556. The van der Waals surface area contributed by atoms with Gasteiger partial charge in [-0.05, 0) is 67.3 Å². The van der Waals surface area contributed by atoms with Crippen molar-refractivity contribution < 1.29 is 4.79 Å². The highest BCUT2D eigenvalue weighted by atomic mass is 16.1. The predicted molar refractivity (Wildman–Crippen MR) is 93.4 cm³/mol. The Balaban J connectivity index is 1.44. The van der Waals surface area contributed by atoms with Crippen LogP contribution in [0.25, 0.3) is 5.69 Å². The first kappa shape index (κ1) is 16.2. The van der Waals surface area contributed by atoms with E-state index in [0.717, 1.165) is 6.54 Å². The molecule has 2 aliphatic rings. The molecular weight excluding hydrogens is 316 g/mol. The number of hydrogen-bond acceptors (Lipinski definition) is 5. The lowest BCUT2D eigenvalue weighted by Crippen LogP contribution is -2.51. The SMILES string of the molecule is O=C(NCC1CCCN2CCCCC12)c1ccccc1-n1cnnn1. The van der Waals surface area contributed by atoms with E-state index in [0.29, 0.717) is 23.2 Å². The molecule has 1 N–H and O–H groups in total. The maximum atomic E-state index is 12.8. The van der Waals surface area contributed by atoms with Crippen LogP contribution >= 0.6 is 0 Å². The molecule has 2 aromatic rings. The second-order valence-electron chi connectivity index (χ2n) is 6.98. The summed E-state index contributed by atoms with van der Waals surface area (Å²) in [4.78, 5) is 15.4. The summed E-state index contributed by atoms with van der Waals surface area (Å²) in [5.74, 6) is 0.497. The lowest BCUT2D eigenvalue weighted by atomic mass is 9.83. The number of benzene rings is 1. The molecular formula is C18H24N6O. The van der Waals surface area contributed by atoms with Gasteiger partial charge in [-0.25, -0.2) is 0 Å². The van der Waals surface area contributed by atoms with Crippen molar-refractivity contribution in [1.29, 1.82) is 0 Å². The van der Waals surface area contributed by atoms with Crippen molar-refractivity contribution in [3.05, 3.63) is 36.2 Å². The molecule has 0 saturated carbocycles. The van der Waals surface area contributed by atoms with Gasteiger partial charge in [0, 0.05) is 12.6 Å². The topological polar surface area (TPSA) is 75.9 Å². The number of piperidine rings is 2. The second-order valence-corrected chi connectivity index (χ2v) is 6.98. The van der Waals surface area contributed by atoms with Gasteiger partial charge in [0.1, 0.15) is 6.33 Å². The number of carbonyl (C=O) groups is 1. The van der Waals surface area contributed by atoms with E-state index in [1.807, 2.05) is 24.3 Å². The Morgan fingerprint density at radius 2 is 2.04 bits per heavy atom. The maximum absolute atomic E-state index is 12.8. The van der Waals surface area contributed by atoms with Crippen LogP contribution in [0.3, 0.4) is 0 Å². The fourth-order valence-electron chi connectivity index (χ4n) is 4.27. The highest BCUT2D eigenvalue weighted by Crippen LogP contribution is 2.30. The van der Waals surface area contributed by atoms with Crippen LogP contribution in [-0.2, 0) is 0 Å². The summed E-state index contributed by atoms with van der Waals surface area (Å²) >= 11 is 0. The molecule has 3 heterocycles. The van der Waals surface area contributed by atoms with E-state index in [2.05, 4.69) is 25.7 Å². The number of amides is 1. The Kier molecular flexibility index (Phi) is 4.74. The molecule has 0 radical (unpaired) electrons. The fourth-order valence-corrected chi connectivity index (χ4v) is 4.27. The molecule has 1 amide bonds. The molecule has 2 aliphatic heterocycles. The minimum Gasteiger partial charge on any atom is -0.352 e. The Hall–Kier alpha value is -2.28. The Morgan fingerprint density at radius 3 is 2.92 bits per heavy atom. The maximum Gasteiger partial charge on any atom is 0.253 e. The molecule has 2 saturated heterocycles. The van der Waals surface area contributed by atoms with E-state index in [9.17, 15) is 4.79 Å². The number of nitrogens with zero attached hydrogens (tertiary/aromatic N) is 5. The zero-order valence-corrected chi connectivity index (χ0v) is 14.3. The largest absolute Gasteiger partial charge is 0.352 e.